The Labute approximate surface area is 149 Å². The summed E-state index contributed by atoms with van der Waals surface area (Å²) in [7, 11) is 0. The van der Waals surface area contributed by atoms with Crippen molar-refractivity contribution in [3.63, 3.8) is 0 Å². The Hall–Kier alpha value is -1.15. The minimum atomic E-state index is -0.444. The van der Waals surface area contributed by atoms with Crippen LogP contribution in [-0.4, -0.2) is 48.7 Å². The Balaban J connectivity index is 0.00000264. The molecule has 1 aromatic rings. The normalized spacial score (nSPS) is 19.7. The summed E-state index contributed by atoms with van der Waals surface area (Å²) in [4.78, 5) is 23.7. The van der Waals surface area contributed by atoms with Crippen molar-refractivity contribution >= 4 is 40.2 Å². The third-order valence-corrected chi connectivity index (χ3v) is 3.94. The number of β-amino-alcohol motifs (C(OH)–C–C–N with tert-alkyl or cyclic N) is 1. The van der Waals surface area contributed by atoms with Gasteiger partial charge >= 0.3 is 0 Å². The van der Waals surface area contributed by atoms with Crippen LogP contribution in [0.4, 0.5) is 0 Å². The molecule has 1 aliphatic heterocycles. The van der Waals surface area contributed by atoms with Crippen LogP contribution >= 0.6 is 28.3 Å². The molecule has 1 saturated heterocycles. The molecule has 0 bridgehead atoms. The quantitative estimate of drug-likeness (QED) is 0.527. The number of rotatable bonds is 6. The van der Waals surface area contributed by atoms with Gasteiger partial charge in [0.25, 0.3) is 5.91 Å². The Morgan fingerprint density at radius 1 is 1.30 bits per heavy atom. The molecule has 23 heavy (non-hydrogen) atoms. The molecule has 2 amide bonds. The molecule has 0 saturated carbocycles. The highest BCUT2D eigenvalue weighted by Gasteiger charge is 2.27. The topological polar surface area (TPSA) is 90.5 Å². The summed E-state index contributed by atoms with van der Waals surface area (Å²) in [5, 5.41) is 17.9. The molecule has 0 spiro atoms. The van der Waals surface area contributed by atoms with Gasteiger partial charge in [-0.15, -0.1) is 12.4 Å². The lowest BCUT2D eigenvalue weighted by molar-refractivity contribution is -0.122. The van der Waals surface area contributed by atoms with E-state index in [1.807, 2.05) is 12.1 Å². The van der Waals surface area contributed by atoms with Crippen LogP contribution in [0.5, 0.6) is 0 Å². The van der Waals surface area contributed by atoms with Crippen molar-refractivity contribution < 1.29 is 14.7 Å². The minimum absolute atomic E-state index is 0. The number of nitrogens with one attached hydrogen (secondary N) is 3. The number of hydrogen-bond acceptors (Lipinski definition) is 4. The second-order valence-corrected chi connectivity index (χ2v) is 6.18. The van der Waals surface area contributed by atoms with Gasteiger partial charge in [-0.25, -0.2) is 0 Å². The fourth-order valence-corrected chi connectivity index (χ4v) is 2.67. The minimum Gasteiger partial charge on any atom is -0.392 e. The summed E-state index contributed by atoms with van der Waals surface area (Å²) in [6, 6.07) is 6.86. The third kappa shape index (κ3) is 6.47. The maximum absolute atomic E-state index is 11.9. The molecule has 8 heteroatoms. The van der Waals surface area contributed by atoms with Crippen molar-refractivity contribution in [1.82, 2.24) is 16.0 Å². The van der Waals surface area contributed by atoms with Crippen LogP contribution < -0.4 is 16.0 Å². The van der Waals surface area contributed by atoms with Crippen LogP contribution in [0, 0.1) is 0 Å². The van der Waals surface area contributed by atoms with E-state index in [2.05, 4.69) is 31.9 Å². The number of carbonyl (C=O) groups excluding carboxylic acids is 2. The van der Waals surface area contributed by atoms with Crippen molar-refractivity contribution in [3.8, 4) is 0 Å². The number of halogens is 2. The highest BCUT2D eigenvalue weighted by atomic mass is 79.9. The average Bonchev–Trinajstić information content (AvgIpc) is 2.93. The Kier molecular flexibility index (Phi) is 8.54. The first-order chi connectivity index (χ1) is 10.6. The van der Waals surface area contributed by atoms with Crippen LogP contribution in [0.1, 0.15) is 23.2 Å². The predicted molar refractivity (Wildman–Crippen MR) is 93.8 cm³/mol. The molecule has 1 aliphatic rings. The lowest BCUT2D eigenvalue weighted by atomic mass is 10.2. The number of amides is 2. The van der Waals surface area contributed by atoms with E-state index in [0.717, 1.165) is 4.47 Å². The van der Waals surface area contributed by atoms with E-state index in [4.69, 9.17) is 0 Å². The molecule has 1 heterocycles. The van der Waals surface area contributed by atoms with Gasteiger partial charge in [0, 0.05) is 29.7 Å². The van der Waals surface area contributed by atoms with Crippen LogP contribution in [0.15, 0.2) is 28.7 Å². The molecule has 0 radical (unpaired) electrons. The van der Waals surface area contributed by atoms with Crippen LogP contribution in [0.25, 0.3) is 0 Å². The highest BCUT2D eigenvalue weighted by Crippen LogP contribution is 2.11. The molecule has 4 N–H and O–H groups in total. The third-order valence-electron chi connectivity index (χ3n) is 3.45. The first-order valence-electron chi connectivity index (χ1n) is 7.29. The molecular weight excluding hydrogens is 386 g/mol. The molecule has 2 atom stereocenters. The van der Waals surface area contributed by atoms with E-state index in [0.29, 0.717) is 38.0 Å². The van der Waals surface area contributed by atoms with Crippen LogP contribution in [-0.2, 0) is 4.79 Å². The summed E-state index contributed by atoms with van der Waals surface area (Å²) in [6.07, 6.45) is 0.659. The fraction of sp³-hybridized carbons (Fsp3) is 0.467. The average molecular weight is 407 g/mol. The van der Waals surface area contributed by atoms with E-state index < -0.39 is 6.10 Å². The van der Waals surface area contributed by atoms with Gasteiger partial charge in [0.2, 0.25) is 5.91 Å². The first-order valence-corrected chi connectivity index (χ1v) is 8.08. The van der Waals surface area contributed by atoms with Crippen molar-refractivity contribution in [2.45, 2.75) is 25.0 Å². The van der Waals surface area contributed by atoms with Crippen LogP contribution in [0.2, 0.25) is 0 Å². The summed E-state index contributed by atoms with van der Waals surface area (Å²) in [5.74, 6) is -0.233. The summed E-state index contributed by atoms with van der Waals surface area (Å²) in [6.45, 7) is 1.44. The molecule has 1 fully saturated rings. The zero-order valence-corrected chi connectivity index (χ0v) is 15.0. The Morgan fingerprint density at radius 3 is 2.70 bits per heavy atom. The zero-order valence-electron chi connectivity index (χ0n) is 12.5. The van der Waals surface area contributed by atoms with Gasteiger partial charge in [-0.1, -0.05) is 22.0 Å². The van der Waals surface area contributed by atoms with Gasteiger partial charge in [-0.05, 0) is 31.0 Å². The lowest BCUT2D eigenvalue weighted by Gasteiger charge is -2.11. The van der Waals surface area contributed by atoms with Crippen LogP contribution in [0.3, 0.4) is 0 Å². The smallest absolute Gasteiger partial charge is 0.251 e. The number of benzene rings is 1. The fourth-order valence-electron chi connectivity index (χ4n) is 2.27. The van der Waals surface area contributed by atoms with Gasteiger partial charge in [0.15, 0.2) is 0 Å². The van der Waals surface area contributed by atoms with Crippen molar-refractivity contribution in [2.75, 3.05) is 19.6 Å². The summed E-state index contributed by atoms with van der Waals surface area (Å²) >= 11 is 3.32. The summed E-state index contributed by atoms with van der Waals surface area (Å²) in [5.41, 5.74) is 0.600. The van der Waals surface area contributed by atoms with E-state index >= 15 is 0 Å². The van der Waals surface area contributed by atoms with E-state index in [-0.39, 0.29) is 30.3 Å². The molecule has 128 valence electrons. The molecule has 2 rings (SSSR count). The monoisotopic (exact) mass is 405 g/mol. The highest BCUT2D eigenvalue weighted by molar-refractivity contribution is 9.10. The van der Waals surface area contributed by atoms with Gasteiger partial charge in [-0.2, -0.15) is 0 Å². The number of hydrogen-bond donors (Lipinski definition) is 4. The van der Waals surface area contributed by atoms with Gasteiger partial charge in [0.05, 0.1) is 12.1 Å². The molecule has 2 unspecified atom stereocenters. The molecule has 6 nitrogen and oxygen atoms in total. The molecular formula is C15H21BrClN3O3. The second kappa shape index (κ2) is 9.87. The molecule has 0 aromatic heterocycles. The van der Waals surface area contributed by atoms with E-state index in [9.17, 15) is 14.7 Å². The van der Waals surface area contributed by atoms with Crippen molar-refractivity contribution in [2.24, 2.45) is 0 Å². The van der Waals surface area contributed by atoms with E-state index in [1.165, 1.54) is 0 Å². The van der Waals surface area contributed by atoms with Gasteiger partial charge < -0.3 is 21.1 Å². The predicted octanol–water partition coefficient (Wildman–Crippen LogP) is 0.830. The maximum Gasteiger partial charge on any atom is 0.251 e. The van der Waals surface area contributed by atoms with E-state index in [1.54, 1.807) is 12.1 Å². The second-order valence-electron chi connectivity index (χ2n) is 5.26. The van der Waals surface area contributed by atoms with Gasteiger partial charge in [-0.3, -0.25) is 9.59 Å². The zero-order chi connectivity index (χ0) is 15.9. The Morgan fingerprint density at radius 2 is 2.04 bits per heavy atom. The summed E-state index contributed by atoms with van der Waals surface area (Å²) < 4.78 is 0.860. The standard InChI is InChI=1S/C15H20BrN3O3.ClH/c16-11-4-1-3-10(7-11)14(21)17-5-2-6-18-15(22)13-8-12(20)9-19-13;/h1,3-4,7,12-13,19-20H,2,5-6,8-9H2,(H,17,21)(H,18,22);1H. The molecule has 0 aliphatic carbocycles. The van der Waals surface area contributed by atoms with Crippen molar-refractivity contribution in [3.05, 3.63) is 34.3 Å². The molecule has 1 aromatic carbocycles. The lowest BCUT2D eigenvalue weighted by Crippen LogP contribution is -2.41. The van der Waals surface area contributed by atoms with Gasteiger partial charge in [0.1, 0.15) is 0 Å². The largest absolute Gasteiger partial charge is 0.392 e. The number of carbonyl (C=O) groups is 2. The SMILES string of the molecule is Cl.O=C(NCCCNC(=O)C1CC(O)CN1)c1cccc(Br)c1. The maximum atomic E-state index is 11.9. The number of aliphatic hydroxyl groups excluding tert-OH is 1. The van der Waals surface area contributed by atoms with Crippen molar-refractivity contribution in [1.29, 1.82) is 0 Å². The Bertz CT molecular complexity index is 544. The first kappa shape index (κ1) is 19.9. The number of aliphatic hydroxyl groups is 1.